The van der Waals surface area contributed by atoms with Crippen molar-refractivity contribution in [2.45, 2.75) is 26.6 Å². The number of ether oxygens (including phenoxy) is 3. The molecule has 11 nitrogen and oxygen atoms in total. The lowest BCUT2D eigenvalue weighted by Crippen LogP contribution is -2.22. The van der Waals surface area contributed by atoms with E-state index >= 15 is 4.39 Å². The average Bonchev–Trinajstić information content (AvgIpc) is 3.56. The van der Waals surface area contributed by atoms with Crippen LogP contribution in [0.1, 0.15) is 19.2 Å². The molecule has 0 N–H and O–H groups in total. The Balaban J connectivity index is 1.63. The molecular weight excluding hydrogens is 583 g/mol. The number of benzene rings is 1. The van der Waals surface area contributed by atoms with Crippen LogP contribution in [0.4, 0.5) is 15.9 Å². The van der Waals surface area contributed by atoms with Gasteiger partial charge < -0.3 is 23.7 Å². The van der Waals surface area contributed by atoms with Crippen LogP contribution in [0.15, 0.2) is 53.7 Å². The van der Waals surface area contributed by atoms with Gasteiger partial charge in [0, 0.05) is 43.7 Å². The third-order valence-electron chi connectivity index (χ3n) is 6.12. The van der Waals surface area contributed by atoms with Gasteiger partial charge in [0.15, 0.2) is 17.2 Å². The molecule has 0 spiro atoms. The number of pyridine rings is 1. The van der Waals surface area contributed by atoms with E-state index in [2.05, 4.69) is 31.0 Å². The minimum Gasteiger partial charge on any atom is -0.497 e. The van der Waals surface area contributed by atoms with Crippen LogP contribution in [0.2, 0.25) is 0 Å². The highest BCUT2D eigenvalue weighted by Gasteiger charge is 2.23. The van der Waals surface area contributed by atoms with Gasteiger partial charge in [0.2, 0.25) is 0 Å². The quantitative estimate of drug-likeness (QED) is 0.185. The van der Waals surface area contributed by atoms with Crippen molar-refractivity contribution in [1.29, 1.82) is 0 Å². The summed E-state index contributed by atoms with van der Waals surface area (Å²) in [5.74, 6) is 0.948. The van der Waals surface area contributed by atoms with E-state index in [1.807, 2.05) is 30.9 Å². The number of aromatic nitrogens is 7. The monoisotopic (exact) mass is 610 g/mol. The van der Waals surface area contributed by atoms with Gasteiger partial charge in [-0.1, -0.05) is 6.92 Å². The fourth-order valence-corrected chi connectivity index (χ4v) is 4.60. The van der Waals surface area contributed by atoms with Gasteiger partial charge in [0.1, 0.15) is 34.2 Å². The SMILES string of the molecule is CCCOCn1cc(Br)nc1CN(c1ccc2ncc(-c3cnn(C)c3)nc2n1)c1cc(OC)cc(OC)c1F. The number of anilines is 2. The van der Waals surface area contributed by atoms with E-state index in [0.717, 1.165) is 12.0 Å². The number of rotatable bonds is 11. The third-order valence-corrected chi connectivity index (χ3v) is 6.50. The van der Waals surface area contributed by atoms with Crippen LogP contribution >= 0.6 is 15.9 Å². The second-order valence-corrected chi connectivity index (χ2v) is 9.72. The molecule has 4 aromatic heterocycles. The van der Waals surface area contributed by atoms with Crippen LogP contribution in [-0.4, -0.2) is 55.1 Å². The van der Waals surface area contributed by atoms with E-state index in [1.54, 1.807) is 40.2 Å². The van der Waals surface area contributed by atoms with Crippen molar-refractivity contribution in [1.82, 2.24) is 34.3 Å². The molecule has 0 aliphatic rings. The van der Waals surface area contributed by atoms with Crippen molar-refractivity contribution in [3.63, 3.8) is 0 Å². The number of methoxy groups -OCH3 is 2. The van der Waals surface area contributed by atoms with Crippen molar-refractivity contribution < 1.29 is 18.6 Å². The summed E-state index contributed by atoms with van der Waals surface area (Å²) >= 11 is 3.46. The maximum atomic E-state index is 15.8. The number of fused-ring (bicyclic) bond motifs is 1. The molecule has 5 aromatic rings. The molecule has 0 unspecified atom stereocenters. The van der Waals surface area contributed by atoms with E-state index in [1.165, 1.54) is 20.3 Å². The van der Waals surface area contributed by atoms with Crippen molar-refractivity contribution in [2.75, 3.05) is 25.7 Å². The highest BCUT2D eigenvalue weighted by molar-refractivity contribution is 9.10. The molecule has 0 fully saturated rings. The minimum absolute atomic E-state index is 0.0367. The average molecular weight is 611 g/mol. The van der Waals surface area contributed by atoms with Gasteiger partial charge in [-0.15, -0.1) is 0 Å². The highest BCUT2D eigenvalue weighted by Crippen LogP contribution is 2.37. The number of hydrogen-bond donors (Lipinski definition) is 0. The molecule has 0 saturated heterocycles. The normalized spacial score (nSPS) is 11.2. The Morgan fingerprint density at radius 2 is 1.90 bits per heavy atom. The fourth-order valence-electron chi connectivity index (χ4n) is 4.15. The third kappa shape index (κ3) is 5.75. The minimum atomic E-state index is -0.570. The molecule has 13 heteroatoms. The fraction of sp³-hybridized carbons (Fsp3) is 0.296. The molecule has 0 radical (unpaired) electrons. The van der Waals surface area contributed by atoms with Gasteiger partial charge in [0.25, 0.3) is 0 Å². The van der Waals surface area contributed by atoms with Gasteiger partial charge in [-0.25, -0.2) is 19.3 Å². The Bertz CT molecular complexity index is 1640. The molecule has 0 saturated carbocycles. The summed E-state index contributed by atoms with van der Waals surface area (Å²) in [6, 6.07) is 6.65. The zero-order chi connectivity index (χ0) is 28.2. The number of nitrogens with zero attached hydrogens (tertiary/aromatic N) is 8. The van der Waals surface area contributed by atoms with Gasteiger partial charge in [0.05, 0.1) is 44.5 Å². The Morgan fingerprint density at radius 1 is 1.05 bits per heavy atom. The molecular formula is C27H28BrFN8O3. The first-order valence-electron chi connectivity index (χ1n) is 12.5. The van der Waals surface area contributed by atoms with Crippen LogP contribution in [0.5, 0.6) is 11.5 Å². The summed E-state index contributed by atoms with van der Waals surface area (Å²) in [7, 11) is 4.75. The summed E-state index contributed by atoms with van der Waals surface area (Å²) in [6.45, 7) is 3.09. The summed E-state index contributed by atoms with van der Waals surface area (Å²) < 4.78 is 36.5. The summed E-state index contributed by atoms with van der Waals surface area (Å²) in [5, 5.41) is 4.22. The van der Waals surface area contributed by atoms with Crippen LogP contribution in [0.3, 0.4) is 0 Å². The molecule has 5 rings (SSSR count). The maximum Gasteiger partial charge on any atom is 0.188 e. The van der Waals surface area contributed by atoms with E-state index in [4.69, 9.17) is 24.2 Å². The standard InChI is InChI=1S/C27H28BrFN8O3/c1-5-8-40-16-36-14-23(28)33-25(36)15-37(21-9-18(38-3)10-22(39-4)26(21)29)24-7-6-19-27(34-24)32-20(12-30-19)17-11-31-35(2)13-17/h6-7,9-14H,5,8,15-16H2,1-4H3. The Kier molecular flexibility index (Phi) is 8.21. The smallest absolute Gasteiger partial charge is 0.188 e. The van der Waals surface area contributed by atoms with Crippen molar-refractivity contribution in [3.05, 3.63) is 65.3 Å². The zero-order valence-electron chi connectivity index (χ0n) is 22.5. The number of imidazole rings is 1. The van der Waals surface area contributed by atoms with Gasteiger partial charge in [-0.3, -0.25) is 9.67 Å². The molecule has 0 aliphatic carbocycles. The second-order valence-electron chi connectivity index (χ2n) is 8.91. The maximum absolute atomic E-state index is 15.8. The Labute approximate surface area is 238 Å². The lowest BCUT2D eigenvalue weighted by Gasteiger charge is -2.25. The summed E-state index contributed by atoms with van der Waals surface area (Å²) in [4.78, 5) is 20.4. The number of hydrogen-bond acceptors (Lipinski definition) is 9. The largest absolute Gasteiger partial charge is 0.497 e. The zero-order valence-corrected chi connectivity index (χ0v) is 24.1. The first kappa shape index (κ1) is 27.5. The lowest BCUT2D eigenvalue weighted by molar-refractivity contribution is 0.0756. The molecule has 0 bridgehead atoms. The van der Waals surface area contributed by atoms with Crippen molar-refractivity contribution >= 4 is 38.6 Å². The molecule has 0 atom stereocenters. The van der Waals surface area contributed by atoms with E-state index in [0.29, 0.717) is 52.2 Å². The van der Waals surface area contributed by atoms with E-state index in [-0.39, 0.29) is 18.0 Å². The van der Waals surface area contributed by atoms with Crippen LogP contribution in [-0.2, 0) is 25.1 Å². The summed E-state index contributed by atoms with van der Waals surface area (Å²) in [6.07, 6.45) is 7.94. The van der Waals surface area contributed by atoms with Crippen LogP contribution in [0.25, 0.3) is 22.4 Å². The molecule has 1 aromatic carbocycles. The number of aryl methyl sites for hydroxylation is 1. The van der Waals surface area contributed by atoms with Crippen LogP contribution < -0.4 is 14.4 Å². The van der Waals surface area contributed by atoms with Gasteiger partial charge in [-0.2, -0.15) is 5.10 Å². The van der Waals surface area contributed by atoms with E-state index < -0.39 is 5.82 Å². The molecule has 208 valence electrons. The highest BCUT2D eigenvalue weighted by atomic mass is 79.9. The van der Waals surface area contributed by atoms with E-state index in [9.17, 15) is 0 Å². The lowest BCUT2D eigenvalue weighted by atomic mass is 10.2. The number of halogens is 2. The predicted octanol–water partition coefficient (Wildman–Crippen LogP) is 5.26. The molecule has 0 aliphatic heterocycles. The van der Waals surface area contributed by atoms with Crippen molar-refractivity contribution in [3.8, 4) is 22.8 Å². The van der Waals surface area contributed by atoms with Crippen molar-refractivity contribution in [2.24, 2.45) is 7.05 Å². The molecule has 40 heavy (non-hydrogen) atoms. The Morgan fingerprint density at radius 3 is 2.62 bits per heavy atom. The van der Waals surface area contributed by atoms with Crippen LogP contribution in [0, 0.1) is 5.82 Å². The first-order valence-corrected chi connectivity index (χ1v) is 13.3. The second kappa shape index (κ2) is 12.0. The topological polar surface area (TPSA) is 105 Å². The molecule has 0 amide bonds. The molecule has 4 heterocycles. The summed E-state index contributed by atoms with van der Waals surface area (Å²) in [5.41, 5.74) is 2.62. The predicted molar refractivity (Wildman–Crippen MR) is 151 cm³/mol. The Hall–Kier alpha value is -4.10. The first-order chi connectivity index (χ1) is 19.4. The van der Waals surface area contributed by atoms with Gasteiger partial charge >= 0.3 is 0 Å². The van der Waals surface area contributed by atoms with Gasteiger partial charge in [-0.05, 0) is 34.5 Å².